The van der Waals surface area contributed by atoms with Crippen LogP contribution in [0.25, 0.3) is 0 Å². The topological polar surface area (TPSA) is 114 Å². The van der Waals surface area contributed by atoms with Gasteiger partial charge in [0.15, 0.2) is 0 Å². The zero-order chi connectivity index (χ0) is 13.7. The quantitative estimate of drug-likeness (QED) is 0.191. The molecule has 0 aromatic rings. The van der Waals surface area contributed by atoms with Crippen LogP contribution in [0, 0.1) is 5.92 Å². The summed E-state index contributed by atoms with van der Waals surface area (Å²) >= 11 is 0. The van der Waals surface area contributed by atoms with Crippen LogP contribution in [0.4, 0.5) is 0 Å². The normalized spacial score (nSPS) is 12.8. The number of carbonyl (C=O) groups is 1. The summed E-state index contributed by atoms with van der Waals surface area (Å²) in [7, 11) is 0. The van der Waals surface area contributed by atoms with E-state index in [1.165, 1.54) is 0 Å². The van der Waals surface area contributed by atoms with Crippen LogP contribution in [-0.2, 0) is 4.79 Å². The highest BCUT2D eigenvalue weighted by atomic mass is 16.4. The number of carboxylic acid groups (broad SMARTS) is 1. The Morgan fingerprint density at radius 3 is 2.24 bits per heavy atom. The second-order valence-corrected chi connectivity index (χ2v) is 3.41. The average Bonchev–Trinajstić information content (AvgIpc) is 2.34. The number of hydrazine groups is 1. The lowest BCUT2D eigenvalue weighted by atomic mass is 10.00. The van der Waals surface area contributed by atoms with Crippen LogP contribution in [0.2, 0.25) is 0 Å². The lowest BCUT2D eigenvalue weighted by molar-refractivity contribution is -0.141. The number of carboxylic acids is 1. The molecule has 0 amide bonds. The van der Waals surface area contributed by atoms with Crippen LogP contribution in [-0.4, -0.2) is 16.9 Å². The van der Waals surface area contributed by atoms with Gasteiger partial charge < -0.3 is 16.4 Å². The molecule has 1 atom stereocenters. The van der Waals surface area contributed by atoms with Crippen molar-refractivity contribution in [1.29, 1.82) is 0 Å². The molecule has 0 aliphatic heterocycles. The van der Waals surface area contributed by atoms with Gasteiger partial charge in [0.2, 0.25) is 0 Å². The maximum Gasteiger partial charge on any atom is 0.306 e. The number of nitrogens with zero attached hydrogens (tertiary/aromatic N) is 1. The molecular formula is C11H24N4O2. The third-order valence-corrected chi connectivity index (χ3v) is 2.08. The van der Waals surface area contributed by atoms with Gasteiger partial charge in [-0.25, -0.2) is 5.84 Å². The Hall–Kier alpha value is -1.56. The molecule has 0 fully saturated rings. The third kappa shape index (κ3) is 10.7. The van der Waals surface area contributed by atoms with Crippen molar-refractivity contribution in [1.82, 2.24) is 5.43 Å². The Balaban J connectivity index is 0. The molecule has 0 saturated carbocycles. The summed E-state index contributed by atoms with van der Waals surface area (Å²) in [5.74, 6) is 9.04. The van der Waals surface area contributed by atoms with Gasteiger partial charge in [0.25, 0.3) is 0 Å². The lowest BCUT2D eigenvalue weighted by Crippen LogP contribution is -2.34. The molecule has 0 aromatic heterocycles. The van der Waals surface area contributed by atoms with Gasteiger partial charge in [-0.3, -0.25) is 4.79 Å². The minimum absolute atomic E-state index is 0.246. The molecule has 0 aliphatic carbocycles. The van der Waals surface area contributed by atoms with Crippen molar-refractivity contribution in [3.63, 3.8) is 0 Å². The number of allylic oxidation sites excluding steroid dienone is 2. The molecule has 0 spiro atoms. The van der Waals surface area contributed by atoms with Crippen molar-refractivity contribution in [2.24, 2.45) is 22.7 Å². The van der Waals surface area contributed by atoms with Gasteiger partial charge in [-0.15, -0.1) is 0 Å². The number of nitrogens with one attached hydrogen (secondary N) is 1. The predicted molar refractivity (Wildman–Crippen MR) is 70.1 cm³/mol. The molecule has 0 aliphatic rings. The minimum atomic E-state index is -0.849. The molecule has 0 radical (unpaired) electrons. The van der Waals surface area contributed by atoms with E-state index in [4.69, 9.17) is 16.8 Å². The Labute approximate surface area is 103 Å². The van der Waals surface area contributed by atoms with Crippen LogP contribution in [0.3, 0.4) is 0 Å². The van der Waals surface area contributed by atoms with Gasteiger partial charge in [-0.1, -0.05) is 25.5 Å². The van der Waals surface area contributed by atoms with Crippen molar-refractivity contribution in [2.45, 2.75) is 40.0 Å². The van der Waals surface area contributed by atoms with E-state index in [1.54, 1.807) is 0 Å². The Bertz CT molecular complexity index is 248. The summed E-state index contributed by atoms with van der Waals surface area (Å²) in [5.41, 5.74) is 2.26. The van der Waals surface area contributed by atoms with E-state index in [9.17, 15) is 4.79 Å². The smallest absolute Gasteiger partial charge is 0.306 e. The van der Waals surface area contributed by atoms with E-state index >= 15 is 0 Å². The van der Waals surface area contributed by atoms with Crippen molar-refractivity contribution in [3.8, 4) is 0 Å². The number of hydrazone groups is 1. The summed E-state index contributed by atoms with van der Waals surface area (Å²) in [6.45, 7) is 5.92. The molecule has 17 heavy (non-hydrogen) atoms. The van der Waals surface area contributed by atoms with Crippen LogP contribution in [0.15, 0.2) is 17.3 Å². The molecule has 0 saturated heterocycles. The maximum atomic E-state index is 10.7. The van der Waals surface area contributed by atoms with Gasteiger partial charge in [0.05, 0.1) is 5.92 Å². The van der Waals surface area contributed by atoms with E-state index in [-0.39, 0.29) is 6.42 Å². The second kappa shape index (κ2) is 12.5. The summed E-state index contributed by atoms with van der Waals surface area (Å²) in [6.07, 6.45) is 5.64. The molecule has 0 rings (SSSR count). The van der Waals surface area contributed by atoms with Crippen molar-refractivity contribution < 1.29 is 9.90 Å². The molecular weight excluding hydrogens is 220 g/mol. The molecule has 6 heteroatoms. The fourth-order valence-corrected chi connectivity index (χ4v) is 1.04. The number of amidine groups is 1. The SMILES string of the molecule is C/C=C/C.CCCC(C/C(=N/N)NN)C(=O)O. The number of hydrogen-bond donors (Lipinski definition) is 4. The van der Waals surface area contributed by atoms with Gasteiger partial charge in [-0.05, 0) is 20.3 Å². The highest BCUT2D eigenvalue weighted by Crippen LogP contribution is 2.11. The third-order valence-electron chi connectivity index (χ3n) is 2.08. The largest absolute Gasteiger partial charge is 0.481 e. The first kappa shape index (κ1) is 17.8. The van der Waals surface area contributed by atoms with Gasteiger partial charge in [-0.2, -0.15) is 5.10 Å². The van der Waals surface area contributed by atoms with E-state index < -0.39 is 11.9 Å². The van der Waals surface area contributed by atoms with Crippen LogP contribution >= 0.6 is 0 Å². The van der Waals surface area contributed by atoms with Gasteiger partial charge in [0, 0.05) is 6.42 Å². The molecule has 1 unspecified atom stereocenters. The first-order chi connectivity index (χ1) is 8.06. The van der Waals surface area contributed by atoms with E-state index in [1.807, 2.05) is 32.9 Å². The fourth-order valence-electron chi connectivity index (χ4n) is 1.04. The summed E-state index contributed by atoms with van der Waals surface area (Å²) in [6, 6.07) is 0. The zero-order valence-corrected chi connectivity index (χ0v) is 10.8. The van der Waals surface area contributed by atoms with E-state index in [0.29, 0.717) is 12.3 Å². The Morgan fingerprint density at radius 2 is 2.00 bits per heavy atom. The van der Waals surface area contributed by atoms with Crippen LogP contribution in [0.1, 0.15) is 40.0 Å². The molecule has 6 nitrogen and oxygen atoms in total. The monoisotopic (exact) mass is 244 g/mol. The fraction of sp³-hybridized carbons (Fsp3) is 0.636. The zero-order valence-electron chi connectivity index (χ0n) is 10.8. The second-order valence-electron chi connectivity index (χ2n) is 3.41. The minimum Gasteiger partial charge on any atom is -0.481 e. The molecule has 0 heterocycles. The highest BCUT2D eigenvalue weighted by Gasteiger charge is 2.18. The standard InChI is InChI=1S/C7H16N4O2.C4H8/c1-2-3-5(7(12)13)4-6(10-8)11-9;1-3-4-2/h5H,2-4,8-9H2,1H3,(H,10,11)(H,12,13);3-4H,1-2H3/b;4-3+. The number of hydrogen-bond acceptors (Lipinski definition) is 4. The predicted octanol–water partition coefficient (Wildman–Crippen LogP) is 1.20. The summed E-state index contributed by atoms with van der Waals surface area (Å²) < 4.78 is 0. The highest BCUT2D eigenvalue weighted by molar-refractivity contribution is 5.85. The van der Waals surface area contributed by atoms with E-state index in [0.717, 1.165) is 6.42 Å². The average molecular weight is 244 g/mol. The number of rotatable bonds is 5. The Kier molecular flexibility index (Phi) is 13.1. The summed E-state index contributed by atoms with van der Waals surface area (Å²) in [5, 5.41) is 12.1. The molecule has 0 bridgehead atoms. The number of aliphatic carboxylic acids is 1. The van der Waals surface area contributed by atoms with Crippen LogP contribution < -0.4 is 17.1 Å². The van der Waals surface area contributed by atoms with Crippen molar-refractivity contribution >= 4 is 11.8 Å². The van der Waals surface area contributed by atoms with Crippen molar-refractivity contribution in [3.05, 3.63) is 12.2 Å². The summed E-state index contributed by atoms with van der Waals surface area (Å²) in [4.78, 5) is 10.7. The lowest BCUT2D eigenvalue weighted by Gasteiger charge is -2.11. The molecule has 100 valence electrons. The van der Waals surface area contributed by atoms with E-state index in [2.05, 4.69) is 10.5 Å². The first-order valence-electron chi connectivity index (χ1n) is 5.60. The molecule has 6 N–H and O–H groups in total. The van der Waals surface area contributed by atoms with Gasteiger partial charge >= 0.3 is 5.97 Å². The maximum absolute atomic E-state index is 10.7. The molecule has 0 aromatic carbocycles. The van der Waals surface area contributed by atoms with Crippen molar-refractivity contribution in [2.75, 3.05) is 0 Å². The first-order valence-corrected chi connectivity index (χ1v) is 5.60. The van der Waals surface area contributed by atoms with Crippen LogP contribution in [0.5, 0.6) is 0 Å². The number of nitrogens with two attached hydrogens (primary N) is 2. The Morgan fingerprint density at radius 1 is 1.47 bits per heavy atom. The van der Waals surface area contributed by atoms with Gasteiger partial charge in [0.1, 0.15) is 5.84 Å².